The second-order valence-electron chi connectivity index (χ2n) is 15.6. The van der Waals surface area contributed by atoms with Gasteiger partial charge in [-0.15, -0.1) is 0 Å². The van der Waals surface area contributed by atoms with Crippen molar-refractivity contribution in [3.63, 3.8) is 0 Å². The molecule has 364 valence electrons. The van der Waals surface area contributed by atoms with Crippen LogP contribution < -0.4 is 22.1 Å². The summed E-state index contributed by atoms with van der Waals surface area (Å²) < 4.78 is 39.1. The van der Waals surface area contributed by atoms with Crippen molar-refractivity contribution in [2.45, 2.75) is 161 Å². The van der Waals surface area contributed by atoms with Gasteiger partial charge in [-0.1, -0.05) is 0 Å². The highest BCUT2D eigenvalue weighted by Gasteiger charge is 2.61. The van der Waals surface area contributed by atoms with E-state index in [4.69, 9.17) is 44.6 Å². The Bertz CT molecular complexity index is 1570. The zero-order valence-corrected chi connectivity index (χ0v) is 33.7. The standard InChI is InChI=1S/C34H58N4O25/c1-9(43)37-17-11(45)3-33(31(35)55,61-26(17)19(48)13(47)5-39)60-15(7-41)21(50)27-18(38-10(2)44)12(46)4-34(62-27,32(36)56)63-28-20(49)14(6-40)58-30(24(28)53)59-25-16(8-42)57-29(54)23(52)22(25)51/h11-30,39-42,45-54H,3-8H2,1-2H3,(H2,35,55)(H2,36,56)(H,37,43)(H,38,44)/t11-,12-,13+,14+,15+,16+,17+,18+,19+,20-,21+,22+,23+,24+,25+,26+,27+,28-,29+,30-,33+,34-/m0/s1. The van der Waals surface area contributed by atoms with Gasteiger partial charge in [0.15, 0.2) is 12.6 Å². The number of nitrogens with one attached hydrogen (secondary N) is 2. The summed E-state index contributed by atoms with van der Waals surface area (Å²) in [5, 5.41) is 153. The van der Waals surface area contributed by atoms with Gasteiger partial charge in [0.1, 0.15) is 85.5 Å². The Kier molecular flexibility index (Phi) is 18.0. The molecule has 0 saturated carbocycles. The molecular weight excluding hydrogens is 864 g/mol. The van der Waals surface area contributed by atoms with E-state index in [-0.39, 0.29) is 0 Å². The minimum absolute atomic E-state index is 0.795. The molecule has 0 unspecified atom stereocenters. The van der Waals surface area contributed by atoms with Gasteiger partial charge in [-0.3, -0.25) is 19.2 Å². The van der Waals surface area contributed by atoms with E-state index >= 15 is 0 Å². The molecule has 0 aromatic heterocycles. The largest absolute Gasteiger partial charge is 0.394 e. The van der Waals surface area contributed by atoms with Gasteiger partial charge in [-0.05, 0) is 0 Å². The van der Waals surface area contributed by atoms with Crippen molar-refractivity contribution in [1.82, 2.24) is 10.6 Å². The first-order valence-corrected chi connectivity index (χ1v) is 19.5. The first kappa shape index (κ1) is 52.7. The minimum atomic E-state index is -3.09. The van der Waals surface area contributed by atoms with E-state index in [1.165, 1.54) is 0 Å². The lowest BCUT2D eigenvalue weighted by Crippen LogP contribution is -2.72. The number of carbonyl (C=O) groups excluding carboxylic acids is 4. The van der Waals surface area contributed by atoms with Gasteiger partial charge in [-0.2, -0.15) is 0 Å². The lowest BCUT2D eigenvalue weighted by Gasteiger charge is -2.52. The smallest absolute Gasteiger partial charge is 0.277 e. The molecule has 20 N–H and O–H groups in total. The van der Waals surface area contributed by atoms with Gasteiger partial charge in [0, 0.05) is 26.7 Å². The van der Waals surface area contributed by atoms with Crippen LogP contribution in [0.15, 0.2) is 0 Å². The van der Waals surface area contributed by atoms with Crippen molar-refractivity contribution in [2.24, 2.45) is 11.5 Å². The normalized spacial score (nSPS) is 42.9. The molecule has 0 bridgehead atoms. The second-order valence-corrected chi connectivity index (χ2v) is 15.6. The highest BCUT2D eigenvalue weighted by molar-refractivity contribution is 5.83. The van der Waals surface area contributed by atoms with Gasteiger partial charge in [-0.25, -0.2) is 0 Å². The Balaban J connectivity index is 1.72. The molecule has 4 aliphatic heterocycles. The van der Waals surface area contributed by atoms with Gasteiger partial charge in [0.05, 0.1) is 50.7 Å². The third-order valence-corrected chi connectivity index (χ3v) is 11.1. The maximum absolute atomic E-state index is 13.4. The van der Waals surface area contributed by atoms with Gasteiger partial charge in [0.2, 0.25) is 11.8 Å². The fraction of sp³-hybridized carbons (Fsp3) is 0.882. The fourth-order valence-corrected chi connectivity index (χ4v) is 7.81. The minimum Gasteiger partial charge on any atom is -0.394 e. The molecule has 4 fully saturated rings. The summed E-state index contributed by atoms with van der Waals surface area (Å²) in [4.78, 5) is 50.8. The molecule has 4 rings (SSSR count). The lowest BCUT2D eigenvalue weighted by molar-refractivity contribution is -0.384. The van der Waals surface area contributed by atoms with Crippen LogP contribution in [0, 0.1) is 0 Å². The summed E-state index contributed by atoms with van der Waals surface area (Å²) in [5.74, 6) is -11.0. The summed E-state index contributed by atoms with van der Waals surface area (Å²) in [7, 11) is 0. The topological polar surface area (TPSA) is 492 Å². The maximum atomic E-state index is 13.4. The molecule has 4 heterocycles. The molecule has 0 aromatic carbocycles. The van der Waals surface area contributed by atoms with Crippen molar-refractivity contribution in [2.75, 3.05) is 26.4 Å². The van der Waals surface area contributed by atoms with Crippen molar-refractivity contribution < 1.29 is 124 Å². The molecule has 22 atom stereocenters. The SMILES string of the molecule is CC(=O)N[C@H]1[C@H]([C@H](O)[C@H](O)CO)O[C@@](O[C@H](CO)[C@@H](O)[C@@H]2O[C@@](O[C@H]3[C@@H](O)[C@@H](CO)O[C@@H](O[C@H]4[C@H](O)[C@@H](O)[C@H](O)O[C@@H]4CO)[C@@H]3O)(C(N)=O)C[C@H](O)[C@H]2NC(C)=O)(C(N)=O)C[C@@H]1O. The number of rotatable bonds is 18. The number of hydrogen-bond donors (Lipinski definition) is 18. The van der Waals surface area contributed by atoms with E-state index < -0.39 is 197 Å². The molecule has 4 amide bonds. The van der Waals surface area contributed by atoms with Crippen LogP contribution in [0.3, 0.4) is 0 Å². The van der Waals surface area contributed by atoms with Gasteiger partial charge >= 0.3 is 0 Å². The zero-order valence-electron chi connectivity index (χ0n) is 33.7. The van der Waals surface area contributed by atoms with Crippen LogP contribution in [0.2, 0.25) is 0 Å². The Morgan fingerprint density at radius 2 is 1.17 bits per heavy atom. The summed E-state index contributed by atoms with van der Waals surface area (Å²) >= 11 is 0. The van der Waals surface area contributed by atoms with E-state index in [1.807, 2.05) is 0 Å². The Morgan fingerprint density at radius 3 is 1.65 bits per heavy atom. The van der Waals surface area contributed by atoms with E-state index in [1.54, 1.807) is 0 Å². The van der Waals surface area contributed by atoms with Crippen LogP contribution in [0.4, 0.5) is 0 Å². The molecule has 0 aliphatic carbocycles. The monoisotopic (exact) mass is 922 g/mol. The molecule has 63 heavy (non-hydrogen) atoms. The van der Waals surface area contributed by atoms with Crippen LogP contribution in [-0.2, 0) is 52.3 Å². The Labute approximate surface area is 356 Å². The fourth-order valence-electron chi connectivity index (χ4n) is 7.81. The highest BCUT2D eigenvalue weighted by Crippen LogP contribution is 2.40. The van der Waals surface area contributed by atoms with Crippen LogP contribution in [0.5, 0.6) is 0 Å². The van der Waals surface area contributed by atoms with E-state index in [9.17, 15) is 90.7 Å². The van der Waals surface area contributed by atoms with E-state index in [0.29, 0.717) is 0 Å². The lowest BCUT2D eigenvalue weighted by atomic mass is 9.86. The number of primary amides is 2. The summed E-state index contributed by atoms with van der Waals surface area (Å²) in [5.41, 5.74) is 11.3. The van der Waals surface area contributed by atoms with Crippen LogP contribution in [-0.4, -0.2) is 255 Å². The molecule has 4 aliphatic rings. The molecule has 0 spiro atoms. The molecule has 29 heteroatoms. The van der Waals surface area contributed by atoms with Crippen LogP contribution in [0.25, 0.3) is 0 Å². The van der Waals surface area contributed by atoms with E-state index in [2.05, 4.69) is 10.6 Å². The summed E-state index contributed by atoms with van der Waals surface area (Å²) in [6.07, 6.45) is -39.1. The van der Waals surface area contributed by atoms with Crippen LogP contribution >= 0.6 is 0 Å². The Morgan fingerprint density at radius 1 is 0.667 bits per heavy atom. The molecular formula is C34H58N4O25. The van der Waals surface area contributed by atoms with Crippen molar-refractivity contribution in [3.05, 3.63) is 0 Å². The predicted octanol–water partition coefficient (Wildman–Crippen LogP) is -12.2. The molecule has 4 saturated heterocycles. The number of hydrogen-bond acceptors (Lipinski definition) is 25. The van der Waals surface area contributed by atoms with Crippen molar-refractivity contribution >= 4 is 23.6 Å². The van der Waals surface area contributed by atoms with Crippen LogP contribution in [0.1, 0.15) is 26.7 Å². The first-order chi connectivity index (χ1) is 29.4. The number of nitrogens with two attached hydrogens (primary N) is 2. The molecule has 0 radical (unpaired) electrons. The number of amides is 4. The summed E-state index contributed by atoms with van der Waals surface area (Å²) in [6.45, 7) is -2.48. The number of carbonyl (C=O) groups is 4. The van der Waals surface area contributed by atoms with Gasteiger partial charge in [0.25, 0.3) is 23.4 Å². The number of ether oxygens (including phenoxy) is 7. The Hall–Kier alpha value is -2.96. The van der Waals surface area contributed by atoms with Gasteiger partial charge < -0.3 is 127 Å². The van der Waals surface area contributed by atoms with Crippen molar-refractivity contribution in [3.8, 4) is 0 Å². The second kappa shape index (κ2) is 21.6. The quantitative estimate of drug-likeness (QED) is 0.0607. The third-order valence-electron chi connectivity index (χ3n) is 11.1. The van der Waals surface area contributed by atoms with Crippen molar-refractivity contribution in [1.29, 1.82) is 0 Å². The average molecular weight is 923 g/mol. The zero-order chi connectivity index (χ0) is 47.5. The third kappa shape index (κ3) is 11.2. The maximum Gasteiger partial charge on any atom is 0.277 e. The number of aliphatic hydroxyl groups is 14. The highest BCUT2D eigenvalue weighted by atomic mass is 16.8. The first-order valence-electron chi connectivity index (χ1n) is 19.5. The predicted molar refractivity (Wildman–Crippen MR) is 195 cm³/mol. The van der Waals surface area contributed by atoms with E-state index in [0.717, 1.165) is 13.8 Å². The summed E-state index contributed by atoms with van der Waals surface area (Å²) in [6, 6.07) is -3.41. The molecule has 0 aromatic rings. The average Bonchev–Trinajstić information content (AvgIpc) is 3.22. The number of aliphatic hydroxyl groups excluding tert-OH is 14. The molecule has 29 nitrogen and oxygen atoms in total.